The average Bonchev–Trinajstić information content (AvgIpc) is 2.51. The van der Waals surface area contributed by atoms with Gasteiger partial charge in [-0.2, -0.15) is 13.2 Å². The zero-order valence-electron chi connectivity index (χ0n) is 16.3. The van der Waals surface area contributed by atoms with Gasteiger partial charge < -0.3 is 4.74 Å². The predicted octanol–water partition coefficient (Wildman–Crippen LogP) is 5.88. The van der Waals surface area contributed by atoms with E-state index in [1.165, 1.54) is 0 Å². The van der Waals surface area contributed by atoms with E-state index in [2.05, 4.69) is 0 Å². The van der Waals surface area contributed by atoms with Crippen molar-refractivity contribution in [2.45, 2.75) is 76.7 Å². The molecule has 0 N–H and O–H groups in total. The van der Waals surface area contributed by atoms with Crippen molar-refractivity contribution in [1.82, 2.24) is 4.90 Å². The summed E-state index contributed by atoms with van der Waals surface area (Å²) in [6, 6.07) is 2.29. The highest BCUT2D eigenvalue weighted by Crippen LogP contribution is 2.38. The fraction of sp³-hybridized carbons (Fsp3) is 0.571. The minimum atomic E-state index is -4.53. The number of fused-ring (bicyclic) bond motifs is 2. The summed E-state index contributed by atoms with van der Waals surface area (Å²) in [5.41, 5.74) is -0.680. The van der Waals surface area contributed by atoms with E-state index >= 15 is 0 Å². The molecule has 2 aliphatic heterocycles. The molecular weight excluding hydrogens is 374 g/mol. The van der Waals surface area contributed by atoms with Crippen molar-refractivity contribution >= 4 is 6.09 Å². The van der Waals surface area contributed by atoms with E-state index in [1.807, 2.05) is 6.08 Å². The van der Waals surface area contributed by atoms with E-state index in [-0.39, 0.29) is 30.2 Å². The van der Waals surface area contributed by atoms with Gasteiger partial charge in [-0.1, -0.05) is 11.6 Å². The van der Waals surface area contributed by atoms with E-state index in [4.69, 9.17) is 4.74 Å². The Kier molecular flexibility index (Phi) is 5.47. The molecule has 7 heteroatoms. The number of rotatable bonds is 2. The molecular formula is C21H25F4NO2. The number of halogens is 4. The number of nitrogens with zero attached hydrogens (tertiary/aromatic N) is 1. The van der Waals surface area contributed by atoms with Crippen LogP contribution < -0.4 is 0 Å². The normalized spacial score (nSPS) is 22.7. The van der Waals surface area contributed by atoms with Gasteiger partial charge in [0.15, 0.2) is 0 Å². The van der Waals surface area contributed by atoms with Crippen LogP contribution in [0.15, 0.2) is 29.8 Å². The Morgan fingerprint density at radius 1 is 1.21 bits per heavy atom. The Morgan fingerprint density at radius 3 is 2.54 bits per heavy atom. The molecule has 1 fully saturated rings. The van der Waals surface area contributed by atoms with Crippen LogP contribution in [-0.2, 0) is 17.3 Å². The summed E-state index contributed by atoms with van der Waals surface area (Å²) in [4.78, 5) is 14.3. The second-order valence-corrected chi connectivity index (χ2v) is 8.54. The first kappa shape index (κ1) is 20.7. The Labute approximate surface area is 162 Å². The van der Waals surface area contributed by atoms with Crippen LogP contribution in [-0.4, -0.2) is 28.7 Å². The van der Waals surface area contributed by atoms with Crippen LogP contribution in [0.1, 0.15) is 57.6 Å². The van der Waals surface area contributed by atoms with Crippen molar-refractivity contribution in [3.8, 4) is 0 Å². The summed E-state index contributed by atoms with van der Waals surface area (Å²) in [6.45, 7) is 5.40. The van der Waals surface area contributed by atoms with Crippen molar-refractivity contribution in [3.63, 3.8) is 0 Å². The molecule has 3 nitrogen and oxygen atoms in total. The molecule has 3 rings (SSSR count). The minimum Gasteiger partial charge on any atom is -0.444 e. The summed E-state index contributed by atoms with van der Waals surface area (Å²) < 4.78 is 58.9. The van der Waals surface area contributed by atoms with Gasteiger partial charge in [0, 0.05) is 6.04 Å². The number of benzene rings is 1. The zero-order valence-corrected chi connectivity index (χ0v) is 16.3. The molecule has 2 heterocycles. The van der Waals surface area contributed by atoms with Crippen molar-refractivity contribution in [1.29, 1.82) is 0 Å². The van der Waals surface area contributed by atoms with Crippen LogP contribution >= 0.6 is 0 Å². The molecule has 2 aliphatic rings. The Hall–Kier alpha value is -2.05. The molecule has 1 saturated heterocycles. The van der Waals surface area contributed by atoms with Gasteiger partial charge in [-0.05, 0) is 76.6 Å². The lowest BCUT2D eigenvalue weighted by Gasteiger charge is -2.45. The van der Waals surface area contributed by atoms with Crippen LogP contribution in [0.2, 0.25) is 0 Å². The number of alkyl halides is 3. The van der Waals surface area contributed by atoms with E-state index in [1.54, 1.807) is 25.7 Å². The summed E-state index contributed by atoms with van der Waals surface area (Å²) in [5, 5.41) is 0. The van der Waals surface area contributed by atoms with Crippen LogP contribution in [0.4, 0.5) is 22.4 Å². The Bertz CT molecular complexity index is 780. The number of piperidine rings is 1. The highest BCUT2D eigenvalue weighted by Gasteiger charge is 2.40. The minimum absolute atomic E-state index is 0.0295. The van der Waals surface area contributed by atoms with Gasteiger partial charge in [-0.3, -0.25) is 4.90 Å². The maximum atomic E-state index is 13.6. The third-order valence-electron chi connectivity index (χ3n) is 5.11. The lowest BCUT2D eigenvalue weighted by atomic mass is 9.83. The molecule has 1 amide bonds. The maximum Gasteiger partial charge on any atom is 0.416 e. The largest absolute Gasteiger partial charge is 0.444 e. The second kappa shape index (κ2) is 7.41. The van der Waals surface area contributed by atoms with Crippen molar-refractivity contribution in [2.24, 2.45) is 0 Å². The number of amides is 1. The van der Waals surface area contributed by atoms with Crippen LogP contribution in [0, 0.1) is 5.82 Å². The molecule has 0 aliphatic carbocycles. The van der Waals surface area contributed by atoms with Gasteiger partial charge in [-0.15, -0.1) is 0 Å². The van der Waals surface area contributed by atoms with Gasteiger partial charge in [0.05, 0.1) is 11.6 Å². The first-order valence-electron chi connectivity index (χ1n) is 9.50. The summed E-state index contributed by atoms with van der Waals surface area (Å²) in [5.74, 6) is -0.685. The summed E-state index contributed by atoms with van der Waals surface area (Å²) in [6.07, 6.45) is -0.0744. The molecule has 28 heavy (non-hydrogen) atoms. The standard InChI is InChI=1S/C21H25F4NO2/c1-20(2,3)28-19(27)26-16-5-4-6-17(26)11-13(10-16)9-14-12-15(22)7-8-18(14)21(23,24)25/h7-8,10,12,16-17H,4-6,9,11H2,1-3H3. The average molecular weight is 399 g/mol. The van der Waals surface area contributed by atoms with E-state index in [9.17, 15) is 22.4 Å². The van der Waals surface area contributed by atoms with Gasteiger partial charge in [0.25, 0.3) is 0 Å². The number of carbonyl (C=O) groups is 1. The van der Waals surface area contributed by atoms with Gasteiger partial charge >= 0.3 is 12.3 Å². The predicted molar refractivity (Wildman–Crippen MR) is 97.3 cm³/mol. The third-order valence-corrected chi connectivity index (χ3v) is 5.11. The molecule has 0 saturated carbocycles. The molecule has 1 aromatic rings. The molecule has 1 aromatic carbocycles. The second-order valence-electron chi connectivity index (χ2n) is 8.54. The van der Waals surface area contributed by atoms with E-state index in [0.717, 1.165) is 43.0 Å². The SMILES string of the molecule is CC(C)(C)OC(=O)N1C2C=C(Cc3cc(F)ccc3C(F)(F)F)CC1CCC2. The third kappa shape index (κ3) is 4.67. The molecule has 154 valence electrons. The maximum absolute atomic E-state index is 13.6. The molecule has 2 unspecified atom stereocenters. The first-order chi connectivity index (χ1) is 12.9. The highest BCUT2D eigenvalue weighted by atomic mass is 19.4. The van der Waals surface area contributed by atoms with Crippen LogP contribution in [0.5, 0.6) is 0 Å². The van der Waals surface area contributed by atoms with Crippen molar-refractivity contribution < 1.29 is 27.1 Å². The Balaban J connectivity index is 1.85. The lowest BCUT2D eigenvalue weighted by molar-refractivity contribution is -0.138. The zero-order chi connectivity index (χ0) is 20.7. The number of hydrogen-bond donors (Lipinski definition) is 0. The van der Waals surface area contributed by atoms with Crippen LogP contribution in [0.25, 0.3) is 0 Å². The topological polar surface area (TPSA) is 29.5 Å². The fourth-order valence-electron chi connectivity index (χ4n) is 4.08. The first-order valence-corrected chi connectivity index (χ1v) is 9.50. The Morgan fingerprint density at radius 2 is 1.93 bits per heavy atom. The molecule has 2 atom stereocenters. The van der Waals surface area contributed by atoms with Gasteiger partial charge in [-0.25, -0.2) is 9.18 Å². The van der Waals surface area contributed by atoms with Gasteiger partial charge in [0.2, 0.25) is 0 Å². The molecule has 2 bridgehead atoms. The fourth-order valence-corrected chi connectivity index (χ4v) is 4.08. The monoisotopic (exact) mass is 399 g/mol. The van der Waals surface area contributed by atoms with E-state index < -0.39 is 23.2 Å². The summed E-state index contributed by atoms with van der Waals surface area (Å²) >= 11 is 0. The summed E-state index contributed by atoms with van der Waals surface area (Å²) in [7, 11) is 0. The van der Waals surface area contributed by atoms with Crippen molar-refractivity contribution in [2.75, 3.05) is 0 Å². The number of ether oxygens (including phenoxy) is 1. The molecule has 0 aromatic heterocycles. The van der Waals surface area contributed by atoms with Crippen LogP contribution in [0.3, 0.4) is 0 Å². The number of carbonyl (C=O) groups excluding carboxylic acids is 1. The molecule has 0 spiro atoms. The quantitative estimate of drug-likeness (QED) is 0.459. The number of hydrogen-bond acceptors (Lipinski definition) is 2. The molecule has 0 radical (unpaired) electrons. The smallest absolute Gasteiger partial charge is 0.416 e. The van der Waals surface area contributed by atoms with Gasteiger partial charge in [0.1, 0.15) is 11.4 Å². The van der Waals surface area contributed by atoms with Crippen molar-refractivity contribution in [3.05, 3.63) is 46.8 Å². The lowest BCUT2D eigenvalue weighted by Crippen LogP contribution is -2.53. The highest BCUT2D eigenvalue weighted by molar-refractivity contribution is 5.70. The van der Waals surface area contributed by atoms with E-state index in [0.29, 0.717) is 6.42 Å².